The van der Waals surface area contributed by atoms with Crippen molar-refractivity contribution in [2.45, 2.75) is 0 Å². The minimum absolute atomic E-state index is 1.09. The summed E-state index contributed by atoms with van der Waals surface area (Å²) < 4.78 is 2.44. The molecule has 1 aromatic heterocycles. The van der Waals surface area contributed by atoms with Gasteiger partial charge in [0, 0.05) is 38.9 Å². The normalized spacial score (nSPS) is 11.6. The van der Waals surface area contributed by atoms with Crippen LogP contribution in [0.4, 0.5) is 17.1 Å². The fourth-order valence-electron chi connectivity index (χ4n) is 10.4. The fraction of sp³-hybridized carbons (Fsp3) is 0. The lowest BCUT2D eigenvalue weighted by Crippen LogP contribution is -2.09. The summed E-state index contributed by atoms with van der Waals surface area (Å²) in [6, 6.07) is 93.2. The Morgan fingerprint density at radius 3 is 1.50 bits per heavy atom. The van der Waals surface area contributed by atoms with Gasteiger partial charge in [0.25, 0.3) is 0 Å². The minimum atomic E-state index is 1.09. The van der Waals surface area contributed by atoms with Crippen molar-refractivity contribution in [1.29, 1.82) is 0 Å². The van der Waals surface area contributed by atoms with Crippen LogP contribution in [-0.4, -0.2) is 4.57 Å². The monoisotopic (exact) mass is 838 g/mol. The molecule has 12 aromatic carbocycles. The zero-order valence-corrected chi connectivity index (χ0v) is 36.1. The van der Waals surface area contributed by atoms with E-state index in [1.165, 1.54) is 98.3 Å². The Kier molecular flexibility index (Phi) is 8.89. The highest BCUT2D eigenvalue weighted by atomic mass is 15.1. The summed E-state index contributed by atoms with van der Waals surface area (Å²) in [7, 11) is 0. The molecule has 0 aliphatic carbocycles. The van der Waals surface area contributed by atoms with Crippen LogP contribution in [0.2, 0.25) is 0 Å². The quantitative estimate of drug-likeness (QED) is 0.145. The zero-order valence-electron chi connectivity index (χ0n) is 36.1. The second kappa shape index (κ2) is 15.5. The number of rotatable bonds is 7. The Labute approximate surface area is 383 Å². The Bertz CT molecular complexity index is 3950. The van der Waals surface area contributed by atoms with Crippen LogP contribution in [-0.2, 0) is 0 Å². The first-order valence-corrected chi connectivity index (χ1v) is 22.7. The molecule has 0 atom stereocenters. The van der Waals surface area contributed by atoms with E-state index in [9.17, 15) is 0 Å². The van der Waals surface area contributed by atoms with Gasteiger partial charge in [-0.05, 0) is 126 Å². The van der Waals surface area contributed by atoms with Crippen LogP contribution < -0.4 is 4.90 Å². The molecule has 0 spiro atoms. The minimum Gasteiger partial charge on any atom is -0.310 e. The average molecular weight is 839 g/mol. The first-order chi connectivity index (χ1) is 32.7. The summed E-state index contributed by atoms with van der Waals surface area (Å²) >= 11 is 0. The molecule has 0 saturated heterocycles. The molecule has 1 heterocycles. The highest BCUT2D eigenvalue weighted by Gasteiger charge is 2.19. The van der Waals surface area contributed by atoms with E-state index in [1.807, 2.05) is 0 Å². The highest BCUT2D eigenvalue weighted by Crippen LogP contribution is 2.43. The zero-order chi connectivity index (χ0) is 43.6. The van der Waals surface area contributed by atoms with Crippen molar-refractivity contribution in [2.75, 3.05) is 4.90 Å². The molecule has 0 aliphatic rings. The Morgan fingerprint density at radius 1 is 0.273 bits per heavy atom. The Hall–Kier alpha value is -8.72. The molecule has 66 heavy (non-hydrogen) atoms. The molecule has 0 saturated carbocycles. The molecule has 308 valence electrons. The first-order valence-electron chi connectivity index (χ1n) is 22.7. The van der Waals surface area contributed by atoms with Crippen LogP contribution in [0.25, 0.3) is 104 Å². The van der Waals surface area contributed by atoms with Crippen molar-refractivity contribution in [3.05, 3.63) is 255 Å². The lowest BCUT2D eigenvalue weighted by Gasteiger charge is -2.26. The number of benzene rings is 12. The number of para-hydroxylation sites is 1. The molecule has 0 unspecified atom stereocenters. The molecule has 2 nitrogen and oxygen atoms in total. The summed E-state index contributed by atoms with van der Waals surface area (Å²) in [6.07, 6.45) is 0. The van der Waals surface area contributed by atoms with E-state index >= 15 is 0 Å². The third kappa shape index (κ3) is 6.26. The topological polar surface area (TPSA) is 8.17 Å². The molecule has 0 aliphatic heterocycles. The molecular weight excluding hydrogens is 797 g/mol. The van der Waals surface area contributed by atoms with Gasteiger partial charge >= 0.3 is 0 Å². The van der Waals surface area contributed by atoms with E-state index in [0.29, 0.717) is 0 Å². The van der Waals surface area contributed by atoms with Gasteiger partial charge in [-0.15, -0.1) is 0 Å². The van der Waals surface area contributed by atoms with E-state index in [-0.39, 0.29) is 0 Å². The predicted octanol–water partition coefficient (Wildman–Crippen LogP) is 17.9. The van der Waals surface area contributed by atoms with Crippen LogP contribution in [0.3, 0.4) is 0 Å². The number of hydrogen-bond donors (Lipinski definition) is 0. The molecule has 0 N–H and O–H groups in total. The molecule has 0 amide bonds. The van der Waals surface area contributed by atoms with Gasteiger partial charge in [-0.25, -0.2) is 0 Å². The average Bonchev–Trinajstić information content (AvgIpc) is 3.73. The smallest absolute Gasteiger partial charge is 0.0619 e. The molecule has 0 bridgehead atoms. The highest BCUT2D eigenvalue weighted by molar-refractivity contribution is 6.19. The van der Waals surface area contributed by atoms with Crippen LogP contribution in [0.5, 0.6) is 0 Å². The van der Waals surface area contributed by atoms with Crippen molar-refractivity contribution in [3.8, 4) is 39.1 Å². The van der Waals surface area contributed by atoms with Crippen molar-refractivity contribution in [3.63, 3.8) is 0 Å². The van der Waals surface area contributed by atoms with Crippen LogP contribution >= 0.6 is 0 Å². The number of anilines is 3. The van der Waals surface area contributed by atoms with E-state index in [0.717, 1.165) is 22.7 Å². The van der Waals surface area contributed by atoms with Crippen molar-refractivity contribution < 1.29 is 0 Å². The summed E-state index contributed by atoms with van der Waals surface area (Å²) in [4.78, 5) is 2.39. The summed E-state index contributed by atoms with van der Waals surface area (Å²) in [5, 5.41) is 12.5. The maximum absolute atomic E-state index is 2.44. The number of hydrogen-bond acceptors (Lipinski definition) is 1. The molecule has 13 rings (SSSR count). The molecule has 0 radical (unpaired) electrons. The van der Waals surface area contributed by atoms with Gasteiger partial charge in [-0.3, -0.25) is 0 Å². The van der Waals surface area contributed by atoms with Gasteiger partial charge in [0.15, 0.2) is 0 Å². The van der Waals surface area contributed by atoms with Crippen LogP contribution in [0.15, 0.2) is 255 Å². The lowest BCUT2D eigenvalue weighted by atomic mass is 9.91. The second-order valence-corrected chi connectivity index (χ2v) is 17.3. The summed E-state index contributed by atoms with van der Waals surface area (Å²) in [5.74, 6) is 0. The van der Waals surface area contributed by atoms with Gasteiger partial charge < -0.3 is 9.47 Å². The standard InChI is InChI=1S/C64H42N2/c1-3-13-44(14-4-1)57-23-11-17-48-18-12-24-58(63(48)57)47-29-35-53(36-30-47)65(54-37-40-56-50(41-54)26-25-45-15-7-9-21-55(45)56)52-33-27-43(28-34-52)49-32-38-60-61-39-31-46-16-8-10-22-59(46)64(61)66(62(60)42-49)51-19-5-2-6-20-51/h1-42H. The van der Waals surface area contributed by atoms with Gasteiger partial charge in [0.1, 0.15) is 0 Å². The van der Waals surface area contributed by atoms with E-state index in [1.54, 1.807) is 0 Å². The fourth-order valence-corrected chi connectivity index (χ4v) is 10.4. The second-order valence-electron chi connectivity index (χ2n) is 17.3. The van der Waals surface area contributed by atoms with Crippen molar-refractivity contribution in [1.82, 2.24) is 4.57 Å². The third-order valence-electron chi connectivity index (χ3n) is 13.5. The number of nitrogens with zero attached hydrogens (tertiary/aromatic N) is 2. The van der Waals surface area contributed by atoms with Crippen molar-refractivity contribution in [2.24, 2.45) is 0 Å². The summed E-state index contributed by atoms with van der Waals surface area (Å²) in [6.45, 7) is 0. The first kappa shape index (κ1) is 37.8. The molecule has 13 aromatic rings. The van der Waals surface area contributed by atoms with Gasteiger partial charge in [0.05, 0.1) is 11.0 Å². The third-order valence-corrected chi connectivity index (χ3v) is 13.5. The maximum atomic E-state index is 2.44. The van der Waals surface area contributed by atoms with Gasteiger partial charge in [-0.2, -0.15) is 0 Å². The van der Waals surface area contributed by atoms with Crippen LogP contribution in [0.1, 0.15) is 0 Å². The Morgan fingerprint density at radius 2 is 0.773 bits per heavy atom. The predicted molar refractivity (Wildman–Crippen MR) is 282 cm³/mol. The van der Waals surface area contributed by atoms with E-state index in [4.69, 9.17) is 0 Å². The van der Waals surface area contributed by atoms with E-state index in [2.05, 4.69) is 264 Å². The number of fused-ring (bicyclic) bond motifs is 9. The largest absolute Gasteiger partial charge is 0.310 e. The SMILES string of the molecule is c1ccc(-c2cccc3cccc(-c4ccc(N(c5ccc(-c6ccc7c8ccc9ccccc9c8n(-c8ccccc8)c7c6)cc5)c5ccc6c(ccc7ccccc76)c5)cc4)c23)cc1. The maximum Gasteiger partial charge on any atom is 0.0619 e. The van der Waals surface area contributed by atoms with Crippen molar-refractivity contribution >= 4 is 82.0 Å². The van der Waals surface area contributed by atoms with Gasteiger partial charge in [-0.1, -0.05) is 200 Å². The summed E-state index contributed by atoms with van der Waals surface area (Å²) in [5.41, 5.74) is 14.1. The Balaban J connectivity index is 0.935. The van der Waals surface area contributed by atoms with Gasteiger partial charge in [0.2, 0.25) is 0 Å². The van der Waals surface area contributed by atoms with E-state index < -0.39 is 0 Å². The molecule has 0 fully saturated rings. The molecule has 2 heteroatoms. The lowest BCUT2D eigenvalue weighted by molar-refractivity contribution is 1.19. The number of aromatic nitrogens is 1. The van der Waals surface area contributed by atoms with Crippen LogP contribution in [0, 0.1) is 0 Å². The molecular formula is C64H42N2.